The number of aryl methyl sites for hydroxylation is 1. The van der Waals surface area contributed by atoms with Crippen molar-refractivity contribution in [2.75, 3.05) is 17.6 Å². The highest BCUT2D eigenvalue weighted by Gasteiger charge is 2.39. The van der Waals surface area contributed by atoms with Gasteiger partial charge < -0.3 is 15.2 Å². The number of fused-ring (bicyclic) bond motifs is 1. The number of carbonyl (C=O) groups is 1. The van der Waals surface area contributed by atoms with Crippen LogP contribution in [0.15, 0.2) is 59.9 Å². The molecule has 2 fully saturated rings. The first-order chi connectivity index (χ1) is 15.2. The fourth-order valence-electron chi connectivity index (χ4n) is 4.32. The fraction of sp³-hybridized carbons (Fsp3) is 0.360. The van der Waals surface area contributed by atoms with Crippen LogP contribution in [0.3, 0.4) is 0 Å². The molecule has 158 valence electrons. The molecule has 6 heteroatoms. The largest absolute Gasteiger partial charge is 0.325 e. The summed E-state index contributed by atoms with van der Waals surface area (Å²) in [7, 11) is 0. The van der Waals surface area contributed by atoms with Crippen molar-refractivity contribution in [2.45, 2.75) is 42.9 Å². The molecule has 2 saturated carbocycles. The molecule has 2 atom stereocenters. The van der Waals surface area contributed by atoms with Gasteiger partial charge in [-0.3, -0.25) is 4.79 Å². The number of aromatic nitrogens is 2. The highest BCUT2D eigenvalue weighted by atomic mass is 32.2. The van der Waals surface area contributed by atoms with Gasteiger partial charge in [-0.2, -0.15) is 0 Å². The van der Waals surface area contributed by atoms with Crippen molar-refractivity contribution in [2.24, 2.45) is 5.92 Å². The van der Waals surface area contributed by atoms with E-state index in [1.54, 1.807) is 11.8 Å². The Balaban J connectivity index is 1.09. The summed E-state index contributed by atoms with van der Waals surface area (Å²) in [6.45, 7) is 2.18. The van der Waals surface area contributed by atoms with Gasteiger partial charge in [0.2, 0.25) is 0 Å². The molecule has 1 amide bonds. The van der Waals surface area contributed by atoms with Crippen molar-refractivity contribution in [1.82, 2.24) is 14.9 Å². The number of nitrogens with one attached hydrogen (secondary N) is 2. The zero-order valence-electron chi connectivity index (χ0n) is 17.4. The Morgan fingerprint density at radius 1 is 1.16 bits per heavy atom. The lowest BCUT2D eigenvalue weighted by Gasteiger charge is -2.08. The van der Waals surface area contributed by atoms with Crippen molar-refractivity contribution in [1.29, 1.82) is 0 Å². The first-order valence-corrected chi connectivity index (χ1v) is 12.2. The Kier molecular flexibility index (Phi) is 4.84. The van der Waals surface area contributed by atoms with Gasteiger partial charge in [0, 0.05) is 47.3 Å². The second-order valence-electron chi connectivity index (χ2n) is 8.91. The van der Waals surface area contributed by atoms with Gasteiger partial charge in [-0.25, -0.2) is 4.98 Å². The molecule has 0 radical (unpaired) electrons. The average Bonchev–Trinajstić information content (AvgIpc) is 3.68. The SMILES string of the molecule is O=C(Nc1ccc(-c2cn3c(n2)SCC3)cc1)c1cccc([C@@H]2C[C@H]2NCC2CC2)c1. The molecule has 2 aromatic carbocycles. The summed E-state index contributed by atoms with van der Waals surface area (Å²) >= 11 is 1.80. The Hall–Kier alpha value is -2.57. The monoisotopic (exact) mass is 430 g/mol. The minimum absolute atomic E-state index is 0.0601. The molecule has 3 aromatic rings. The lowest BCUT2D eigenvalue weighted by Crippen LogP contribution is -2.20. The van der Waals surface area contributed by atoms with Crippen LogP contribution >= 0.6 is 11.8 Å². The number of hydrogen-bond donors (Lipinski definition) is 2. The molecule has 2 heterocycles. The van der Waals surface area contributed by atoms with Crippen LogP contribution in [-0.4, -0.2) is 33.8 Å². The molecule has 31 heavy (non-hydrogen) atoms. The van der Waals surface area contributed by atoms with Gasteiger partial charge in [-0.1, -0.05) is 36.0 Å². The zero-order valence-corrected chi connectivity index (χ0v) is 18.2. The normalized spacial score (nSPS) is 21.7. The summed E-state index contributed by atoms with van der Waals surface area (Å²) in [5.74, 6) is 2.49. The smallest absolute Gasteiger partial charge is 0.255 e. The molecular formula is C25H26N4OS. The summed E-state index contributed by atoms with van der Waals surface area (Å²) in [5.41, 5.74) is 4.85. The number of anilines is 1. The van der Waals surface area contributed by atoms with E-state index in [1.165, 1.54) is 24.8 Å². The predicted octanol–water partition coefficient (Wildman–Crippen LogP) is 4.76. The van der Waals surface area contributed by atoms with Crippen molar-refractivity contribution in [3.8, 4) is 11.3 Å². The molecule has 0 spiro atoms. The molecule has 1 aromatic heterocycles. The van der Waals surface area contributed by atoms with E-state index in [-0.39, 0.29) is 5.91 Å². The van der Waals surface area contributed by atoms with Crippen molar-refractivity contribution in [3.05, 3.63) is 65.9 Å². The van der Waals surface area contributed by atoms with Crippen molar-refractivity contribution in [3.63, 3.8) is 0 Å². The lowest BCUT2D eigenvalue weighted by atomic mass is 10.1. The predicted molar refractivity (Wildman–Crippen MR) is 125 cm³/mol. The zero-order chi connectivity index (χ0) is 20.8. The summed E-state index contributed by atoms with van der Waals surface area (Å²) < 4.78 is 2.20. The van der Waals surface area contributed by atoms with Crippen molar-refractivity contribution >= 4 is 23.4 Å². The molecule has 3 aliphatic rings. The van der Waals surface area contributed by atoms with E-state index in [0.717, 1.165) is 52.4 Å². The maximum Gasteiger partial charge on any atom is 0.255 e. The third-order valence-electron chi connectivity index (χ3n) is 6.47. The number of thioether (sulfide) groups is 1. The highest BCUT2D eigenvalue weighted by Crippen LogP contribution is 2.42. The van der Waals surface area contributed by atoms with E-state index in [0.29, 0.717) is 12.0 Å². The molecule has 1 aliphatic heterocycles. The third kappa shape index (κ3) is 4.14. The number of benzene rings is 2. The number of imidazole rings is 1. The molecule has 5 nitrogen and oxygen atoms in total. The maximum atomic E-state index is 12.8. The highest BCUT2D eigenvalue weighted by molar-refractivity contribution is 7.99. The van der Waals surface area contributed by atoms with Gasteiger partial charge in [0.25, 0.3) is 5.91 Å². The van der Waals surface area contributed by atoms with Gasteiger partial charge in [-0.05, 0) is 61.6 Å². The standard InChI is InChI=1S/C25H26N4OS/c30-24(19-3-1-2-18(12-19)21-13-22(21)26-14-16-4-5-16)27-20-8-6-17(7-9-20)23-15-29-10-11-31-25(29)28-23/h1-3,6-9,12,15-16,21-22,26H,4-5,10-11,13-14H2,(H,27,30)/t21-,22+/m0/s1. The minimum Gasteiger partial charge on any atom is -0.325 e. The molecule has 0 bridgehead atoms. The molecule has 6 rings (SSSR count). The van der Waals surface area contributed by atoms with Crippen LogP contribution in [0.4, 0.5) is 5.69 Å². The first kappa shape index (κ1) is 19.1. The number of rotatable bonds is 7. The second-order valence-corrected chi connectivity index (χ2v) is 9.97. The van der Waals surface area contributed by atoms with Crippen molar-refractivity contribution < 1.29 is 4.79 Å². The van der Waals surface area contributed by atoms with E-state index < -0.39 is 0 Å². The number of nitrogens with zero attached hydrogens (tertiary/aromatic N) is 2. The number of amides is 1. The molecule has 2 aliphatic carbocycles. The lowest BCUT2D eigenvalue weighted by molar-refractivity contribution is 0.102. The van der Waals surface area contributed by atoms with E-state index in [4.69, 9.17) is 4.98 Å². The number of hydrogen-bond acceptors (Lipinski definition) is 4. The maximum absolute atomic E-state index is 12.8. The van der Waals surface area contributed by atoms with E-state index in [2.05, 4.69) is 33.5 Å². The van der Waals surface area contributed by atoms with E-state index in [1.807, 2.05) is 36.4 Å². The van der Waals surface area contributed by atoms with Crippen LogP contribution in [0.2, 0.25) is 0 Å². The quantitative estimate of drug-likeness (QED) is 0.567. The minimum atomic E-state index is -0.0601. The Morgan fingerprint density at radius 2 is 2.03 bits per heavy atom. The van der Waals surface area contributed by atoms with Gasteiger partial charge in [0.05, 0.1) is 5.69 Å². The molecular weight excluding hydrogens is 404 g/mol. The van der Waals surface area contributed by atoms with Gasteiger partial charge >= 0.3 is 0 Å². The summed E-state index contributed by atoms with van der Waals surface area (Å²) in [6.07, 6.45) is 6.04. The van der Waals surface area contributed by atoms with Crippen LogP contribution in [-0.2, 0) is 6.54 Å². The average molecular weight is 431 g/mol. The Labute approximate surface area is 186 Å². The van der Waals surface area contributed by atoms with Gasteiger partial charge in [0.15, 0.2) is 5.16 Å². The molecule has 2 N–H and O–H groups in total. The first-order valence-electron chi connectivity index (χ1n) is 11.2. The van der Waals surface area contributed by atoms with Gasteiger partial charge in [-0.15, -0.1) is 0 Å². The van der Waals surface area contributed by atoms with Crippen LogP contribution in [0.1, 0.15) is 41.1 Å². The summed E-state index contributed by atoms with van der Waals surface area (Å²) in [5, 5.41) is 7.81. The summed E-state index contributed by atoms with van der Waals surface area (Å²) in [4.78, 5) is 17.5. The fourth-order valence-corrected chi connectivity index (χ4v) is 5.26. The van der Waals surface area contributed by atoms with Crippen LogP contribution in [0, 0.1) is 5.92 Å². The van der Waals surface area contributed by atoms with Crippen LogP contribution < -0.4 is 10.6 Å². The Morgan fingerprint density at radius 3 is 2.84 bits per heavy atom. The molecule has 0 saturated heterocycles. The van der Waals surface area contributed by atoms with E-state index in [9.17, 15) is 4.79 Å². The van der Waals surface area contributed by atoms with Crippen LogP contribution in [0.25, 0.3) is 11.3 Å². The topological polar surface area (TPSA) is 59.0 Å². The van der Waals surface area contributed by atoms with E-state index >= 15 is 0 Å². The Bertz CT molecular complexity index is 1100. The summed E-state index contributed by atoms with van der Waals surface area (Å²) in [6, 6.07) is 16.6. The number of carbonyl (C=O) groups excluding carboxylic acids is 1. The van der Waals surface area contributed by atoms with Gasteiger partial charge in [0.1, 0.15) is 0 Å². The van der Waals surface area contributed by atoms with Crippen LogP contribution in [0.5, 0.6) is 0 Å². The molecule has 0 unspecified atom stereocenters. The second kappa shape index (κ2) is 7.84. The third-order valence-corrected chi connectivity index (χ3v) is 7.45.